The maximum atomic E-state index is 12.6. The van der Waals surface area contributed by atoms with Crippen LogP contribution >= 0.6 is 0 Å². The zero-order valence-electron chi connectivity index (χ0n) is 16.4. The van der Waals surface area contributed by atoms with Crippen molar-refractivity contribution in [2.24, 2.45) is 0 Å². The fourth-order valence-electron chi connectivity index (χ4n) is 2.01. The number of ether oxygens (including phenoxy) is 1. The fourth-order valence-corrected chi connectivity index (χ4v) is 2.01. The van der Waals surface area contributed by atoms with Crippen molar-refractivity contribution >= 4 is 29.1 Å². The highest BCUT2D eigenvalue weighted by molar-refractivity contribution is 6.45. The Morgan fingerprint density at radius 1 is 1.04 bits per heavy atom. The minimum absolute atomic E-state index is 1.29. The molecule has 0 bridgehead atoms. The van der Waals surface area contributed by atoms with Crippen LogP contribution < -0.4 is 0 Å². The molecule has 0 heterocycles. The van der Waals surface area contributed by atoms with Crippen molar-refractivity contribution in [3.63, 3.8) is 0 Å². The molecule has 24 heavy (non-hydrogen) atoms. The van der Waals surface area contributed by atoms with E-state index in [9.17, 15) is 39.3 Å². The highest BCUT2D eigenvalue weighted by Crippen LogP contribution is 2.35. The van der Waals surface area contributed by atoms with Crippen molar-refractivity contribution in [2.45, 2.75) is 51.0 Å². The Balaban J connectivity index is 7.23. The van der Waals surface area contributed by atoms with Gasteiger partial charge in [-0.25, -0.2) is 0 Å². The lowest BCUT2D eigenvalue weighted by Crippen LogP contribution is -2.76. The second-order valence-electron chi connectivity index (χ2n) is 4.72. The predicted octanol–water partition coefficient (Wildman–Crippen LogP) is -2.93. The molecular formula is C14H20O10. The maximum absolute atomic E-state index is 12.6. The molecule has 10 heteroatoms. The summed E-state index contributed by atoms with van der Waals surface area (Å²) in [5.41, 5.74) is -7.92. The van der Waals surface area contributed by atoms with E-state index in [1.165, 1.54) is 0 Å². The molecule has 0 aliphatic carbocycles. The molecule has 0 aliphatic rings. The number of hydrogen-bond acceptors (Lipinski definition) is 10. The van der Waals surface area contributed by atoms with Crippen LogP contribution in [0.4, 0.5) is 0 Å². The van der Waals surface area contributed by atoms with E-state index >= 15 is 0 Å². The number of esters is 1. The van der Waals surface area contributed by atoms with Crippen molar-refractivity contribution in [2.75, 3.05) is 6.61 Å². The van der Waals surface area contributed by atoms with Gasteiger partial charge in [0, 0.05) is 19.3 Å². The molecule has 0 aromatic carbocycles. The number of hydrogen-bond donors (Lipinski definition) is 4. The van der Waals surface area contributed by atoms with E-state index in [-0.39, 0.29) is 0 Å². The van der Waals surface area contributed by atoms with Crippen LogP contribution in [0.15, 0.2) is 0 Å². The third-order valence-electron chi connectivity index (χ3n) is 3.17. The standard InChI is InChI=1S/C14H20O10/c1-6(16)11(21)14(8(3)18,24-9(4)19)13(23,7(2)17)12(22)10(20)5-15/h10,12,15,20,22-23H,5H2,1-4H3/t10-,12+,13+,14+/m1/s1/i1D,2D,3D,4D. The van der Waals surface area contributed by atoms with Gasteiger partial charge in [0.1, 0.15) is 12.2 Å². The van der Waals surface area contributed by atoms with Gasteiger partial charge in [-0.2, -0.15) is 0 Å². The smallest absolute Gasteiger partial charge is 0.304 e. The van der Waals surface area contributed by atoms with Crippen molar-refractivity contribution in [1.82, 2.24) is 0 Å². The normalized spacial score (nSPS) is 20.7. The summed E-state index contributed by atoms with van der Waals surface area (Å²) < 4.78 is 32.7. The molecule has 10 nitrogen and oxygen atoms in total. The van der Waals surface area contributed by atoms with Crippen molar-refractivity contribution in [3.8, 4) is 0 Å². The number of carbonyl (C=O) groups is 5. The summed E-state index contributed by atoms with van der Waals surface area (Å²) in [6.45, 7) is -6.93. The van der Waals surface area contributed by atoms with Crippen LogP contribution in [0, 0.1) is 0 Å². The van der Waals surface area contributed by atoms with Gasteiger partial charge in [-0.05, 0) is 13.8 Å². The molecule has 0 aromatic rings. The van der Waals surface area contributed by atoms with Gasteiger partial charge in [-0.15, -0.1) is 0 Å². The Morgan fingerprint density at radius 2 is 1.62 bits per heavy atom. The molecule has 0 rings (SSSR count). The van der Waals surface area contributed by atoms with E-state index < -0.39 is 86.7 Å². The van der Waals surface area contributed by atoms with E-state index in [0.717, 1.165) is 0 Å². The minimum atomic E-state index is -3.97. The molecule has 0 aliphatic heterocycles. The lowest BCUT2D eigenvalue weighted by molar-refractivity contribution is -0.226. The molecule has 0 saturated heterocycles. The predicted molar refractivity (Wildman–Crippen MR) is 75.6 cm³/mol. The second-order valence-corrected chi connectivity index (χ2v) is 4.72. The summed E-state index contributed by atoms with van der Waals surface area (Å²) >= 11 is 0. The third kappa shape index (κ3) is 3.41. The Bertz CT molecular complexity index is 642. The molecule has 4 atom stereocenters. The molecule has 0 spiro atoms. The number of rotatable bonds is 9. The molecule has 4 N–H and O–H groups in total. The Hall–Kier alpha value is -2.01. The molecule has 0 unspecified atom stereocenters. The number of ketones is 4. The summed E-state index contributed by atoms with van der Waals surface area (Å²) in [6.07, 6.45) is -5.36. The minimum Gasteiger partial charge on any atom is -0.439 e. The van der Waals surface area contributed by atoms with E-state index in [1.807, 2.05) is 0 Å². The summed E-state index contributed by atoms with van der Waals surface area (Å²) in [5, 5.41) is 39.7. The molecule has 0 fully saturated rings. The van der Waals surface area contributed by atoms with Crippen LogP contribution in [-0.4, -0.2) is 79.5 Å². The Labute approximate surface area is 142 Å². The van der Waals surface area contributed by atoms with Crippen LogP contribution in [0.1, 0.15) is 33.1 Å². The summed E-state index contributed by atoms with van der Waals surface area (Å²) in [4.78, 5) is 60.8. The van der Waals surface area contributed by atoms with E-state index in [0.29, 0.717) is 0 Å². The first-order valence-corrected chi connectivity index (χ1v) is 6.18. The number of carbonyl (C=O) groups excluding carboxylic acids is 5. The van der Waals surface area contributed by atoms with Gasteiger partial charge in [0.15, 0.2) is 17.3 Å². The van der Waals surface area contributed by atoms with E-state index in [2.05, 4.69) is 4.74 Å². The molecule has 0 saturated carbocycles. The van der Waals surface area contributed by atoms with Gasteiger partial charge in [-0.1, -0.05) is 0 Å². The van der Waals surface area contributed by atoms with Crippen molar-refractivity contribution in [3.05, 3.63) is 0 Å². The Morgan fingerprint density at radius 3 is 2.04 bits per heavy atom. The van der Waals surface area contributed by atoms with Crippen molar-refractivity contribution < 1.29 is 54.6 Å². The highest BCUT2D eigenvalue weighted by Gasteiger charge is 2.70. The zero-order valence-corrected chi connectivity index (χ0v) is 12.4. The van der Waals surface area contributed by atoms with Crippen LogP contribution in [0.3, 0.4) is 0 Å². The quantitative estimate of drug-likeness (QED) is 0.191. The largest absolute Gasteiger partial charge is 0.439 e. The van der Waals surface area contributed by atoms with Gasteiger partial charge in [0.05, 0.1) is 6.61 Å². The van der Waals surface area contributed by atoms with Gasteiger partial charge in [0.2, 0.25) is 5.60 Å². The first-order chi connectivity index (χ1) is 13.0. The maximum Gasteiger partial charge on any atom is 0.304 e. The highest BCUT2D eigenvalue weighted by atomic mass is 16.6. The molecule has 0 amide bonds. The van der Waals surface area contributed by atoms with Crippen LogP contribution in [-0.2, 0) is 28.7 Å². The molecule has 0 radical (unpaired) electrons. The lowest BCUT2D eigenvalue weighted by Gasteiger charge is -2.44. The average molecular weight is 352 g/mol. The third-order valence-corrected chi connectivity index (χ3v) is 3.17. The monoisotopic (exact) mass is 352 g/mol. The van der Waals surface area contributed by atoms with Crippen LogP contribution in [0.2, 0.25) is 0 Å². The number of aliphatic hydroxyl groups excluding tert-OH is 3. The first kappa shape index (κ1) is 15.5. The van der Waals surface area contributed by atoms with Gasteiger partial charge >= 0.3 is 5.97 Å². The van der Waals surface area contributed by atoms with E-state index in [4.69, 9.17) is 10.6 Å². The fraction of sp³-hybridized carbons (Fsp3) is 0.643. The number of Topliss-reactive ketones (excluding diaryl/α,β-unsaturated/α-hetero) is 4. The number of aliphatic hydroxyl groups is 4. The average Bonchev–Trinajstić information content (AvgIpc) is 2.72. The Kier molecular flexibility index (Phi) is 4.98. The summed E-state index contributed by atoms with van der Waals surface area (Å²) in [5.74, 6) is -9.46. The second kappa shape index (κ2) is 7.71. The summed E-state index contributed by atoms with van der Waals surface area (Å²) in [7, 11) is 0. The van der Waals surface area contributed by atoms with Gasteiger partial charge < -0.3 is 25.2 Å². The van der Waals surface area contributed by atoms with Crippen molar-refractivity contribution in [1.29, 1.82) is 0 Å². The van der Waals surface area contributed by atoms with Gasteiger partial charge in [-0.3, -0.25) is 24.0 Å². The SMILES string of the molecule is [2H]CC(=O)O[C@@](C(=O)C[2H])(C(=O)C(=O)C[2H])[C@](O)(C(=O)C[2H])[C@@H](O)[C@H](O)CO. The topological polar surface area (TPSA) is 175 Å². The molecule has 136 valence electrons. The van der Waals surface area contributed by atoms with Crippen LogP contribution in [0.5, 0.6) is 0 Å². The van der Waals surface area contributed by atoms with Gasteiger partial charge in [0.25, 0.3) is 11.4 Å². The summed E-state index contributed by atoms with van der Waals surface area (Å²) in [6, 6.07) is 0. The molecular weight excluding hydrogens is 328 g/mol. The zero-order chi connectivity index (χ0) is 22.3. The van der Waals surface area contributed by atoms with Crippen LogP contribution in [0.25, 0.3) is 0 Å². The molecule has 0 aromatic heterocycles. The lowest BCUT2D eigenvalue weighted by atomic mass is 9.69. The van der Waals surface area contributed by atoms with E-state index in [1.54, 1.807) is 0 Å². The first-order valence-electron chi connectivity index (χ1n) is 9.01.